The maximum atomic E-state index is 13.7. The molecule has 1 aromatic heterocycles. The summed E-state index contributed by atoms with van der Waals surface area (Å²) in [5, 5.41) is 39.7. The van der Waals surface area contributed by atoms with E-state index in [0.717, 1.165) is 70.3 Å². The average molecular weight is 907 g/mol. The predicted molar refractivity (Wildman–Crippen MR) is 227 cm³/mol. The first-order valence-electron chi connectivity index (χ1n) is 19.4. The van der Waals surface area contributed by atoms with E-state index in [-0.39, 0.29) is 81.5 Å². The van der Waals surface area contributed by atoms with Gasteiger partial charge in [0.1, 0.15) is 15.0 Å². The molecule has 0 saturated heterocycles. The van der Waals surface area contributed by atoms with Gasteiger partial charge in [-0.1, -0.05) is 39.5 Å². The van der Waals surface area contributed by atoms with Gasteiger partial charge >= 0.3 is 59.1 Å². The molecule has 0 bridgehead atoms. The van der Waals surface area contributed by atoms with Crippen LogP contribution in [0.5, 0.6) is 5.75 Å². The molecule has 0 aliphatic carbocycles. The van der Waals surface area contributed by atoms with Gasteiger partial charge in [-0.3, -0.25) is 4.55 Å². The predicted octanol–water partition coefficient (Wildman–Crippen LogP) is 1.12. The minimum atomic E-state index is -4.93. The molecule has 0 unspecified atom stereocenters. The number of anilines is 4. The van der Waals surface area contributed by atoms with Gasteiger partial charge in [-0.15, -0.1) is 5.11 Å². The minimum absolute atomic E-state index is 0. The van der Waals surface area contributed by atoms with Gasteiger partial charge in [0.15, 0.2) is 0 Å². The summed E-state index contributed by atoms with van der Waals surface area (Å²) in [4.78, 5) is 17.2. The van der Waals surface area contributed by atoms with E-state index in [1.165, 1.54) is 48.5 Å². The SMILES string of the molecule is CCN(CC)CCCNc1nc(NCCCN(CC)CC)nc(Nc2ccc3c([O-])c(N=Nc4ccc(N=Nc5ccc(S(=O)(=O)[O-])cc5)cc4)c(S(=O)(=O)O)cc3c2)n1.[Na+].[Na+]. The summed E-state index contributed by atoms with van der Waals surface area (Å²) < 4.78 is 68.7. The van der Waals surface area contributed by atoms with E-state index in [1.807, 2.05) is 0 Å². The van der Waals surface area contributed by atoms with Gasteiger partial charge in [-0.2, -0.15) is 38.7 Å². The molecule has 5 rings (SSSR count). The van der Waals surface area contributed by atoms with Crippen molar-refractivity contribution in [1.29, 1.82) is 0 Å². The van der Waals surface area contributed by atoms with Gasteiger partial charge in [-0.05, 0) is 130 Å². The average Bonchev–Trinajstić information content (AvgIpc) is 3.22. The van der Waals surface area contributed by atoms with Crippen molar-refractivity contribution in [1.82, 2.24) is 24.8 Å². The fourth-order valence-corrected chi connectivity index (χ4v) is 7.12. The number of nitrogens with one attached hydrogen (secondary N) is 3. The number of rotatable bonds is 22. The molecule has 0 saturated carbocycles. The Bertz CT molecular complexity index is 2470. The Morgan fingerprint density at radius 1 is 0.645 bits per heavy atom. The molecular formula is C39H48N12Na2O7S2. The van der Waals surface area contributed by atoms with Crippen LogP contribution in [0.15, 0.2) is 103 Å². The first-order valence-corrected chi connectivity index (χ1v) is 22.3. The van der Waals surface area contributed by atoms with Crippen LogP contribution >= 0.6 is 0 Å². The molecule has 4 aromatic carbocycles. The maximum Gasteiger partial charge on any atom is 1.00 e. The van der Waals surface area contributed by atoms with Gasteiger partial charge in [0.2, 0.25) is 17.8 Å². The van der Waals surface area contributed by atoms with Crippen LogP contribution in [0.25, 0.3) is 10.8 Å². The number of hydrogen-bond acceptors (Lipinski definition) is 18. The monoisotopic (exact) mass is 906 g/mol. The van der Waals surface area contributed by atoms with Crippen LogP contribution in [-0.4, -0.2) is 103 Å². The topological polar surface area (TPSA) is 265 Å². The molecule has 0 radical (unpaired) electrons. The van der Waals surface area contributed by atoms with Gasteiger partial charge in [-0.25, -0.2) is 8.42 Å². The third-order valence-corrected chi connectivity index (χ3v) is 11.1. The van der Waals surface area contributed by atoms with Crippen LogP contribution in [0, 0.1) is 0 Å². The molecule has 0 fully saturated rings. The van der Waals surface area contributed by atoms with E-state index < -0.39 is 41.5 Å². The first kappa shape index (κ1) is 52.6. The second-order valence-corrected chi connectivity index (χ2v) is 16.1. The second kappa shape index (κ2) is 25.0. The van der Waals surface area contributed by atoms with Crippen molar-refractivity contribution in [3.05, 3.63) is 72.8 Å². The molecule has 0 atom stereocenters. The van der Waals surface area contributed by atoms with Crippen molar-refractivity contribution in [3.8, 4) is 5.75 Å². The van der Waals surface area contributed by atoms with Crippen molar-refractivity contribution >= 4 is 77.3 Å². The molecule has 4 N–H and O–H groups in total. The second-order valence-electron chi connectivity index (χ2n) is 13.4. The third kappa shape index (κ3) is 15.5. The number of nitrogens with zero attached hydrogens (tertiary/aromatic N) is 9. The Kier molecular flexibility index (Phi) is 21.2. The van der Waals surface area contributed by atoms with Crippen LogP contribution in [0.1, 0.15) is 40.5 Å². The fourth-order valence-electron chi connectivity index (χ4n) is 6.00. The van der Waals surface area contributed by atoms with Crippen molar-refractivity contribution in [3.63, 3.8) is 0 Å². The Hall–Kier alpha value is -3.71. The summed E-state index contributed by atoms with van der Waals surface area (Å²) in [5.41, 5.74) is 0.764. The zero-order valence-corrected chi connectivity index (χ0v) is 41.4. The summed E-state index contributed by atoms with van der Waals surface area (Å²) in [6, 6.07) is 16.7. The largest absolute Gasteiger partial charge is 1.00 e. The molecule has 320 valence electrons. The van der Waals surface area contributed by atoms with Crippen LogP contribution in [-0.2, 0) is 20.2 Å². The van der Waals surface area contributed by atoms with E-state index in [4.69, 9.17) is 0 Å². The molecule has 5 aromatic rings. The number of benzene rings is 4. The van der Waals surface area contributed by atoms with Gasteiger partial charge in [0.25, 0.3) is 10.1 Å². The number of azo groups is 2. The molecule has 0 aliphatic heterocycles. The van der Waals surface area contributed by atoms with Crippen LogP contribution in [0.4, 0.5) is 46.3 Å². The quantitative estimate of drug-likeness (QED) is 0.0328. The van der Waals surface area contributed by atoms with Gasteiger partial charge in [0, 0.05) is 18.8 Å². The molecule has 0 aliphatic rings. The van der Waals surface area contributed by atoms with E-state index in [2.05, 4.69) is 88.9 Å². The van der Waals surface area contributed by atoms with Crippen molar-refractivity contribution in [2.24, 2.45) is 20.5 Å². The van der Waals surface area contributed by atoms with Crippen LogP contribution < -0.4 is 80.2 Å². The molecular weight excluding hydrogens is 859 g/mol. The maximum absolute atomic E-state index is 13.7. The smallest absolute Gasteiger partial charge is 0.871 e. The van der Waals surface area contributed by atoms with Crippen LogP contribution in [0.2, 0.25) is 0 Å². The summed E-state index contributed by atoms with van der Waals surface area (Å²) in [6.07, 6.45) is 1.76. The Labute approximate surface area is 406 Å². The van der Waals surface area contributed by atoms with E-state index >= 15 is 0 Å². The molecule has 23 heteroatoms. The summed E-state index contributed by atoms with van der Waals surface area (Å²) in [7, 11) is -9.53. The Morgan fingerprint density at radius 2 is 1.10 bits per heavy atom. The fraction of sp³-hybridized carbons (Fsp3) is 0.359. The van der Waals surface area contributed by atoms with E-state index in [0.29, 0.717) is 42.0 Å². The minimum Gasteiger partial charge on any atom is -0.871 e. The first-order chi connectivity index (χ1) is 28.7. The number of hydrogen-bond donors (Lipinski definition) is 4. The number of fused-ring (bicyclic) bond motifs is 1. The van der Waals surface area contributed by atoms with Crippen molar-refractivity contribution in [2.75, 3.05) is 68.3 Å². The van der Waals surface area contributed by atoms with Crippen molar-refractivity contribution < 1.29 is 90.2 Å². The molecule has 19 nitrogen and oxygen atoms in total. The Morgan fingerprint density at radius 3 is 1.55 bits per heavy atom. The van der Waals surface area contributed by atoms with Gasteiger partial charge < -0.3 is 35.4 Å². The van der Waals surface area contributed by atoms with Gasteiger partial charge in [0.05, 0.1) is 27.6 Å². The van der Waals surface area contributed by atoms with E-state index in [9.17, 15) is 31.0 Å². The van der Waals surface area contributed by atoms with Crippen LogP contribution in [0.3, 0.4) is 0 Å². The van der Waals surface area contributed by atoms with Crippen molar-refractivity contribution in [2.45, 2.75) is 50.3 Å². The standard InChI is InChI=1S/C39H50N12O7S2.2Na/c1-5-50(6-2)23-9-21-40-37-43-38(41-22-10-24-51(7-3)8-4)45-39(44-37)42-31-17-20-33-27(25-31)26-34(60(56,57)58)35(36(33)52)49-48-29-13-11-28(12-14-29)46-47-30-15-18-32(19-16-30)59(53,54)55;;/h11-20,25-26,52H,5-10,21-24H2,1-4H3,(H,53,54,55)(H,56,57,58)(H3,40,41,42,43,44,45);;/q;2*+1/p-2. The molecule has 1 heterocycles. The summed E-state index contributed by atoms with van der Waals surface area (Å²) >= 11 is 0. The normalized spacial score (nSPS) is 11.9. The molecule has 62 heavy (non-hydrogen) atoms. The zero-order chi connectivity index (χ0) is 43.3. The summed E-state index contributed by atoms with van der Waals surface area (Å²) in [5.74, 6) is 0.176. The Balaban J connectivity index is 0.00000512. The van der Waals surface area contributed by atoms with E-state index in [1.54, 1.807) is 6.07 Å². The zero-order valence-electron chi connectivity index (χ0n) is 35.7. The number of aromatic nitrogens is 3. The summed E-state index contributed by atoms with van der Waals surface area (Å²) in [6.45, 7) is 15.5. The third-order valence-electron chi connectivity index (χ3n) is 9.38. The molecule has 0 amide bonds. The molecule has 0 spiro atoms.